The lowest BCUT2D eigenvalue weighted by atomic mass is 10.1. The van der Waals surface area contributed by atoms with Crippen LogP contribution in [0.1, 0.15) is 5.56 Å². The van der Waals surface area contributed by atoms with Gasteiger partial charge in [-0.15, -0.1) is 10.2 Å². The number of nitrogens with zero attached hydrogens (tertiary/aromatic N) is 4. The molecule has 2 aromatic heterocycles. The highest BCUT2D eigenvalue weighted by Gasteiger charge is 2.11. The molecular weight excluding hydrogens is 255 g/mol. The molecule has 0 bridgehead atoms. The Labute approximate surface area is 107 Å². The molecule has 18 heavy (non-hydrogen) atoms. The monoisotopic (exact) mass is 262 g/mol. The molecule has 0 radical (unpaired) electrons. The van der Waals surface area contributed by atoms with E-state index in [1.165, 1.54) is 18.5 Å². The zero-order valence-electron chi connectivity index (χ0n) is 9.43. The Kier molecular flexibility index (Phi) is 2.48. The summed E-state index contributed by atoms with van der Waals surface area (Å²) in [5.41, 5.74) is 2.18. The summed E-state index contributed by atoms with van der Waals surface area (Å²) in [4.78, 5) is 3.97. The molecule has 3 aromatic rings. The van der Waals surface area contributed by atoms with Crippen molar-refractivity contribution in [1.29, 1.82) is 0 Å². The first-order valence-corrected chi connectivity index (χ1v) is 5.66. The predicted octanol–water partition coefficient (Wildman–Crippen LogP) is 2.89. The van der Waals surface area contributed by atoms with Gasteiger partial charge in [0.25, 0.3) is 0 Å². The molecule has 0 fully saturated rings. The van der Waals surface area contributed by atoms with Crippen LogP contribution in [0, 0.1) is 12.7 Å². The zero-order valence-corrected chi connectivity index (χ0v) is 10.2. The molecular formula is C12H8ClFN4. The first kappa shape index (κ1) is 11.1. The third-order valence-corrected chi connectivity index (χ3v) is 2.91. The van der Waals surface area contributed by atoms with Crippen LogP contribution >= 0.6 is 11.6 Å². The molecule has 0 aliphatic rings. The van der Waals surface area contributed by atoms with Gasteiger partial charge in [0.1, 0.15) is 17.3 Å². The minimum Gasteiger partial charge on any atom is -0.265 e. The Morgan fingerprint density at radius 3 is 2.89 bits per heavy atom. The van der Waals surface area contributed by atoms with Crippen molar-refractivity contribution in [2.75, 3.05) is 0 Å². The van der Waals surface area contributed by atoms with E-state index in [2.05, 4.69) is 15.2 Å². The summed E-state index contributed by atoms with van der Waals surface area (Å²) in [6.45, 7) is 1.89. The van der Waals surface area contributed by atoms with Gasteiger partial charge in [-0.05, 0) is 24.6 Å². The van der Waals surface area contributed by atoms with Crippen molar-refractivity contribution >= 4 is 17.2 Å². The van der Waals surface area contributed by atoms with Crippen LogP contribution in [0.2, 0.25) is 5.15 Å². The Hall–Kier alpha value is -2.01. The average molecular weight is 263 g/mol. The van der Waals surface area contributed by atoms with Crippen LogP contribution in [-0.4, -0.2) is 19.6 Å². The number of aryl methyl sites for hydroxylation is 1. The number of fused-ring (bicyclic) bond motifs is 1. The highest BCUT2D eigenvalue weighted by Crippen LogP contribution is 2.23. The quantitative estimate of drug-likeness (QED) is 0.634. The van der Waals surface area contributed by atoms with Crippen LogP contribution in [0.15, 0.2) is 30.6 Å². The molecule has 1 aromatic carbocycles. The van der Waals surface area contributed by atoms with E-state index in [9.17, 15) is 4.39 Å². The van der Waals surface area contributed by atoms with E-state index in [1.807, 2.05) is 6.92 Å². The minimum atomic E-state index is -0.311. The van der Waals surface area contributed by atoms with E-state index in [0.29, 0.717) is 22.2 Å². The molecule has 2 heterocycles. The van der Waals surface area contributed by atoms with Crippen molar-refractivity contribution in [3.63, 3.8) is 0 Å². The summed E-state index contributed by atoms with van der Waals surface area (Å²) < 4.78 is 15.0. The lowest BCUT2D eigenvalue weighted by Crippen LogP contribution is -1.93. The maximum Gasteiger partial charge on any atom is 0.169 e. The van der Waals surface area contributed by atoms with Gasteiger partial charge in [-0.3, -0.25) is 4.40 Å². The Morgan fingerprint density at radius 2 is 2.06 bits per heavy atom. The van der Waals surface area contributed by atoms with E-state index in [4.69, 9.17) is 11.6 Å². The molecule has 0 aliphatic heterocycles. The molecule has 6 heteroatoms. The van der Waals surface area contributed by atoms with Crippen molar-refractivity contribution in [3.8, 4) is 11.4 Å². The van der Waals surface area contributed by atoms with Crippen LogP contribution in [0.5, 0.6) is 0 Å². The summed E-state index contributed by atoms with van der Waals surface area (Å²) in [7, 11) is 0. The maximum atomic E-state index is 13.3. The van der Waals surface area contributed by atoms with Gasteiger partial charge in [-0.25, -0.2) is 9.37 Å². The fourth-order valence-corrected chi connectivity index (χ4v) is 1.93. The number of rotatable bonds is 1. The number of benzene rings is 1. The van der Waals surface area contributed by atoms with Crippen molar-refractivity contribution in [3.05, 3.63) is 47.1 Å². The van der Waals surface area contributed by atoms with Crippen molar-refractivity contribution in [1.82, 2.24) is 19.6 Å². The molecule has 0 saturated carbocycles. The van der Waals surface area contributed by atoms with Gasteiger partial charge in [-0.2, -0.15) is 0 Å². The van der Waals surface area contributed by atoms with Gasteiger partial charge >= 0.3 is 0 Å². The second kappa shape index (κ2) is 4.03. The number of aromatic nitrogens is 4. The van der Waals surface area contributed by atoms with Crippen LogP contribution < -0.4 is 0 Å². The van der Waals surface area contributed by atoms with Crippen molar-refractivity contribution < 1.29 is 4.39 Å². The lowest BCUT2D eigenvalue weighted by molar-refractivity contribution is 0.627. The number of hydrogen-bond donors (Lipinski definition) is 0. The van der Waals surface area contributed by atoms with Crippen molar-refractivity contribution in [2.45, 2.75) is 6.92 Å². The van der Waals surface area contributed by atoms with Crippen molar-refractivity contribution in [2.24, 2.45) is 0 Å². The van der Waals surface area contributed by atoms with Crippen LogP contribution in [0.3, 0.4) is 0 Å². The molecule has 3 rings (SSSR count). The Balaban J connectivity index is 2.28. The molecule has 0 unspecified atom stereocenters. The summed E-state index contributed by atoms with van der Waals surface area (Å²) >= 11 is 5.78. The summed E-state index contributed by atoms with van der Waals surface area (Å²) in [6, 6.07) is 6.15. The zero-order chi connectivity index (χ0) is 12.7. The highest BCUT2D eigenvalue weighted by atomic mass is 35.5. The summed E-state index contributed by atoms with van der Waals surface area (Å²) in [5, 5.41) is 8.39. The van der Waals surface area contributed by atoms with Gasteiger partial charge in [-0.1, -0.05) is 17.7 Å². The number of halogens is 2. The van der Waals surface area contributed by atoms with Crippen LogP contribution in [-0.2, 0) is 0 Å². The van der Waals surface area contributed by atoms with E-state index < -0.39 is 0 Å². The highest BCUT2D eigenvalue weighted by molar-refractivity contribution is 6.29. The van der Waals surface area contributed by atoms with E-state index >= 15 is 0 Å². The molecule has 0 aliphatic carbocycles. The Morgan fingerprint density at radius 1 is 1.22 bits per heavy atom. The first-order chi connectivity index (χ1) is 8.65. The maximum absolute atomic E-state index is 13.3. The third-order valence-electron chi connectivity index (χ3n) is 2.71. The third kappa shape index (κ3) is 1.73. The van der Waals surface area contributed by atoms with Gasteiger partial charge in [0.05, 0.1) is 0 Å². The second-order valence-corrected chi connectivity index (χ2v) is 4.31. The summed E-state index contributed by atoms with van der Waals surface area (Å²) in [6.07, 6.45) is 1.53. The number of hydrogen-bond acceptors (Lipinski definition) is 3. The predicted molar refractivity (Wildman–Crippen MR) is 65.9 cm³/mol. The smallest absolute Gasteiger partial charge is 0.169 e. The van der Waals surface area contributed by atoms with E-state index in [-0.39, 0.29) is 5.82 Å². The normalized spacial score (nSPS) is 11.1. The fraction of sp³-hybridized carbons (Fsp3) is 0.0833. The van der Waals surface area contributed by atoms with E-state index in [1.54, 1.807) is 16.5 Å². The Bertz CT molecular complexity index is 738. The van der Waals surface area contributed by atoms with Crippen LogP contribution in [0.25, 0.3) is 17.0 Å². The molecule has 0 atom stereocenters. The minimum absolute atomic E-state index is 0.311. The largest absolute Gasteiger partial charge is 0.265 e. The molecule has 4 nitrogen and oxygen atoms in total. The van der Waals surface area contributed by atoms with Gasteiger partial charge in [0.15, 0.2) is 11.5 Å². The van der Waals surface area contributed by atoms with Gasteiger partial charge in [0.2, 0.25) is 0 Å². The topological polar surface area (TPSA) is 43.1 Å². The molecule has 0 amide bonds. The van der Waals surface area contributed by atoms with Gasteiger partial charge in [0, 0.05) is 11.6 Å². The van der Waals surface area contributed by atoms with E-state index in [0.717, 1.165) is 5.56 Å². The first-order valence-electron chi connectivity index (χ1n) is 5.28. The standard InChI is InChI=1S/C12H8ClFN4/c1-7-2-3-8(14)4-9(7)12-17-16-11-5-10(13)15-6-18(11)12/h2-6H,1H3. The van der Waals surface area contributed by atoms with Gasteiger partial charge < -0.3 is 0 Å². The molecule has 0 saturated heterocycles. The summed E-state index contributed by atoms with van der Waals surface area (Å²) in [5.74, 6) is 0.237. The second-order valence-electron chi connectivity index (χ2n) is 3.92. The lowest BCUT2D eigenvalue weighted by Gasteiger charge is -2.03. The fourth-order valence-electron chi connectivity index (χ4n) is 1.79. The average Bonchev–Trinajstić information content (AvgIpc) is 2.75. The molecule has 0 N–H and O–H groups in total. The molecule has 0 spiro atoms. The molecule has 90 valence electrons. The SMILES string of the molecule is Cc1ccc(F)cc1-c1nnc2cc(Cl)ncn12. The van der Waals surface area contributed by atoms with Crippen LogP contribution in [0.4, 0.5) is 4.39 Å².